The molecule has 1 aliphatic rings. The first-order valence-corrected chi connectivity index (χ1v) is 5.28. The molecule has 0 aromatic heterocycles. The molecule has 1 aliphatic carbocycles. The molecular formula is C12H10F3NO2. The molecule has 0 aliphatic heterocycles. The van der Waals surface area contributed by atoms with Crippen molar-refractivity contribution in [2.45, 2.75) is 24.6 Å². The molecule has 0 heterocycles. The Balaban J connectivity index is 2.54. The molecule has 1 saturated carbocycles. The Kier molecular flexibility index (Phi) is 2.91. The van der Waals surface area contributed by atoms with E-state index >= 15 is 0 Å². The van der Waals surface area contributed by atoms with E-state index in [1.807, 2.05) is 0 Å². The van der Waals surface area contributed by atoms with Crippen molar-refractivity contribution in [1.29, 1.82) is 0 Å². The number of aliphatic imine (C=N–C) groups is 1. The predicted molar refractivity (Wildman–Crippen MR) is 57.0 cm³/mol. The fraction of sp³-hybridized carbons (Fsp3) is 0.417. The van der Waals surface area contributed by atoms with Crippen molar-refractivity contribution in [3.8, 4) is 5.75 Å². The van der Waals surface area contributed by atoms with Crippen molar-refractivity contribution in [1.82, 2.24) is 0 Å². The monoisotopic (exact) mass is 257 g/mol. The molecule has 6 heteroatoms. The highest BCUT2D eigenvalue weighted by atomic mass is 19.4. The van der Waals surface area contributed by atoms with Gasteiger partial charge in [-0.3, -0.25) is 0 Å². The number of ether oxygens (including phenoxy) is 1. The molecule has 0 saturated heterocycles. The quantitative estimate of drug-likeness (QED) is 0.616. The molecule has 96 valence electrons. The highest BCUT2D eigenvalue weighted by Gasteiger charge is 2.48. The van der Waals surface area contributed by atoms with Crippen LogP contribution < -0.4 is 4.74 Å². The summed E-state index contributed by atoms with van der Waals surface area (Å²) < 4.78 is 43.0. The Morgan fingerprint density at radius 2 is 2.06 bits per heavy atom. The Bertz CT molecular complexity index is 515. The number of nitrogens with zero attached hydrogens (tertiary/aromatic N) is 1. The van der Waals surface area contributed by atoms with Gasteiger partial charge in [0.1, 0.15) is 11.3 Å². The second-order valence-electron chi connectivity index (χ2n) is 4.15. The van der Waals surface area contributed by atoms with E-state index in [2.05, 4.69) is 4.99 Å². The van der Waals surface area contributed by atoms with Gasteiger partial charge in [-0.05, 0) is 31.0 Å². The highest BCUT2D eigenvalue weighted by molar-refractivity contribution is 5.49. The molecule has 0 bridgehead atoms. The second-order valence-corrected chi connectivity index (χ2v) is 4.15. The fourth-order valence-electron chi connectivity index (χ4n) is 1.90. The third-order valence-corrected chi connectivity index (χ3v) is 3.01. The van der Waals surface area contributed by atoms with Crippen LogP contribution in [-0.2, 0) is 16.5 Å². The SMILES string of the molecule is COc1ccc(C(F)(F)F)cc1C1(N=C=O)CC1. The van der Waals surface area contributed by atoms with E-state index in [9.17, 15) is 18.0 Å². The molecule has 2 rings (SSSR count). The first-order valence-electron chi connectivity index (χ1n) is 5.28. The molecule has 1 fully saturated rings. The van der Waals surface area contributed by atoms with Crippen LogP contribution >= 0.6 is 0 Å². The normalized spacial score (nSPS) is 16.9. The van der Waals surface area contributed by atoms with Gasteiger partial charge in [0.05, 0.1) is 12.7 Å². The molecule has 0 unspecified atom stereocenters. The van der Waals surface area contributed by atoms with E-state index in [0.717, 1.165) is 12.1 Å². The summed E-state index contributed by atoms with van der Waals surface area (Å²) in [6, 6.07) is 3.19. The first kappa shape index (κ1) is 12.6. The van der Waals surface area contributed by atoms with E-state index in [1.54, 1.807) is 0 Å². The number of carbonyl (C=O) groups excluding carboxylic acids is 1. The zero-order chi connectivity index (χ0) is 13.4. The lowest BCUT2D eigenvalue weighted by Crippen LogP contribution is -2.10. The number of rotatable bonds is 3. The maximum absolute atomic E-state index is 12.6. The van der Waals surface area contributed by atoms with Gasteiger partial charge in [0.25, 0.3) is 0 Å². The number of halogens is 3. The van der Waals surface area contributed by atoms with Crippen molar-refractivity contribution in [3.63, 3.8) is 0 Å². The Morgan fingerprint density at radius 3 is 2.50 bits per heavy atom. The van der Waals surface area contributed by atoms with Crippen LogP contribution in [0.15, 0.2) is 23.2 Å². The summed E-state index contributed by atoms with van der Waals surface area (Å²) in [5, 5.41) is 0. The molecule has 0 spiro atoms. The molecule has 0 amide bonds. The molecule has 1 aromatic carbocycles. The average Bonchev–Trinajstić information content (AvgIpc) is 3.08. The van der Waals surface area contributed by atoms with Crippen LogP contribution in [-0.4, -0.2) is 13.2 Å². The summed E-state index contributed by atoms with van der Waals surface area (Å²) >= 11 is 0. The lowest BCUT2D eigenvalue weighted by atomic mass is 10.0. The topological polar surface area (TPSA) is 38.7 Å². The summed E-state index contributed by atoms with van der Waals surface area (Å²) in [5.74, 6) is 0.305. The lowest BCUT2D eigenvalue weighted by Gasteiger charge is -2.16. The summed E-state index contributed by atoms with van der Waals surface area (Å²) in [7, 11) is 1.37. The summed E-state index contributed by atoms with van der Waals surface area (Å²) in [5.41, 5.74) is -1.36. The molecule has 0 N–H and O–H groups in total. The number of hydrogen-bond acceptors (Lipinski definition) is 3. The molecule has 3 nitrogen and oxygen atoms in total. The van der Waals surface area contributed by atoms with Crippen LogP contribution in [0.4, 0.5) is 13.2 Å². The van der Waals surface area contributed by atoms with Gasteiger partial charge in [0, 0.05) is 5.56 Å². The minimum atomic E-state index is -4.43. The Labute approximate surface area is 101 Å². The standard InChI is InChI=1S/C12H10F3NO2/c1-18-10-3-2-8(12(13,14)15)6-9(10)11(4-5-11)16-7-17/h2-3,6H,4-5H2,1H3. The predicted octanol–water partition coefficient (Wildman–Crippen LogP) is 3.04. The molecule has 18 heavy (non-hydrogen) atoms. The van der Waals surface area contributed by atoms with E-state index in [-0.39, 0.29) is 0 Å². The number of isocyanates is 1. The first-order chi connectivity index (χ1) is 8.43. The number of benzene rings is 1. The maximum atomic E-state index is 12.6. The minimum Gasteiger partial charge on any atom is -0.496 e. The van der Waals surface area contributed by atoms with E-state index in [0.29, 0.717) is 24.2 Å². The number of methoxy groups -OCH3 is 1. The summed E-state index contributed by atoms with van der Waals surface area (Å²) in [6.07, 6.45) is -1.96. The van der Waals surface area contributed by atoms with Gasteiger partial charge < -0.3 is 4.74 Å². The Morgan fingerprint density at radius 1 is 1.39 bits per heavy atom. The van der Waals surface area contributed by atoms with Gasteiger partial charge in [-0.25, -0.2) is 4.79 Å². The van der Waals surface area contributed by atoms with Crippen LogP contribution in [0.2, 0.25) is 0 Å². The van der Waals surface area contributed by atoms with Crippen LogP contribution in [0.5, 0.6) is 5.75 Å². The fourth-order valence-corrected chi connectivity index (χ4v) is 1.90. The van der Waals surface area contributed by atoms with Crippen molar-refractivity contribution >= 4 is 6.08 Å². The highest BCUT2D eigenvalue weighted by Crippen LogP contribution is 2.53. The van der Waals surface area contributed by atoms with Gasteiger partial charge in [-0.1, -0.05) is 0 Å². The van der Waals surface area contributed by atoms with Crippen molar-refractivity contribution < 1.29 is 22.7 Å². The number of hydrogen-bond donors (Lipinski definition) is 0. The van der Waals surface area contributed by atoms with E-state index in [1.165, 1.54) is 19.3 Å². The van der Waals surface area contributed by atoms with Crippen LogP contribution in [0, 0.1) is 0 Å². The zero-order valence-corrected chi connectivity index (χ0v) is 9.54. The minimum absolute atomic E-state index is 0.295. The summed E-state index contributed by atoms with van der Waals surface area (Å²) in [6.45, 7) is 0. The maximum Gasteiger partial charge on any atom is 0.416 e. The average molecular weight is 257 g/mol. The van der Waals surface area contributed by atoms with Gasteiger partial charge in [-0.2, -0.15) is 18.2 Å². The van der Waals surface area contributed by atoms with E-state index < -0.39 is 17.3 Å². The molecule has 1 aromatic rings. The molecule has 0 atom stereocenters. The van der Waals surface area contributed by atoms with Crippen LogP contribution in [0.3, 0.4) is 0 Å². The van der Waals surface area contributed by atoms with Gasteiger partial charge in [0.15, 0.2) is 0 Å². The smallest absolute Gasteiger partial charge is 0.416 e. The zero-order valence-electron chi connectivity index (χ0n) is 9.54. The van der Waals surface area contributed by atoms with Crippen molar-refractivity contribution in [2.75, 3.05) is 7.11 Å². The van der Waals surface area contributed by atoms with Gasteiger partial charge in [0.2, 0.25) is 6.08 Å². The lowest BCUT2D eigenvalue weighted by molar-refractivity contribution is -0.137. The Hall–Kier alpha value is -1.81. The largest absolute Gasteiger partial charge is 0.496 e. The summed E-state index contributed by atoms with van der Waals surface area (Å²) in [4.78, 5) is 14.0. The third-order valence-electron chi connectivity index (χ3n) is 3.01. The van der Waals surface area contributed by atoms with E-state index in [4.69, 9.17) is 4.74 Å². The number of alkyl halides is 3. The second kappa shape index (κ2) is 4.14. The van der Waals surface area contributed by atoms with Gasteiger partial charge >= 0.3 is 6.18 Å². The van der Waals surface area contributed by atoms with Crippen molar-refractivity contribution in [3.05, 3.63) is 29.3 Å². The van der Waals surface area contributed by atoms with Crippen molar-refractivity contribution in [2.24, 2.45) is 4.99 Å². The molecule has 0 radical (unpaired) electrons. The molecular weight excluding hydrogens is 247 g/mol. The third kappa shape index (κ3) is 2.11. The van der Waals surface area contributed by atoms with Gasteiger partial charge in [-0.15, -0.1) is 0 Å². The van der Waals surface area contributed by atoms with Crippen LogP contribution in [0.25, 0.3) is 0 Å². The van der Waals surface area contributed by atoms with Crippen LogP contribution in [0.1, 0.15) is 24.0 Å².